The van der Waals surface area contributed by atoms with E-state index in [-0.39, 0.29) is 18.9 Å². The van der Waals surface area contributed by atoms with Crippen molar-refractivity contribution < 1.29 is 19.0 Å². The van der Waals surface area contributed by atoms with E-state index in [0.29, 0.717) is 5.82 Å². The van der Waals surface area contributed by atoms with Crippen LogP contribution in [-0.2, 0) is 29.2 Å². The summed E-state index contributed by atoms with van der Waals surface area (Å²) in [5.74, 6) is -0.513. The number of benzene rings is 1. The van der Waals surface area contributed by atoms with Gasteiger partial charge < -0.3 is 9.84 Å². The summed E-state index contributed by atoms with van der Waals surface area (Å²) >= 11 is 0. The summed E-state index contributed by atoms with van der Waals surface area (Å²) in [6.45, 7) is 1.53. The van der Waals surface area contributed by atoms with E-state index in [9.17, 15) is 9.18 Å². The van der Waals surface area contributed by atoms with E-state index in [4.69, 9.17) is 9.84 Å². The molecule has 0 fully saturated rings. The molecule has 2 heterocycles. The third kappa shape index (κ3) is 2.48. The molecule has 2 aromatic rings. The Morgan fingerprint density at radius 3 is 3.00 bits per heavy atom. The van der Waals surface area contributed by atoms with Crippen LogP contribution in [0.2, 0.25) is 0 Å². The molecule has 0 amide bonds. The summed E-state index contributed by atoms with van der Waals surface area (Å²) in [5, 5.41) is 16.8. The van der Waals surface area contributed by atoms with Crippen LogP contribution in [0.25, 0.3) is 5.69 Å². The Balaban J connectivity index is 2.15. The molecule has 7 heteroatoms. The smallest absolute Gasteiger partial charge is 0.306 e. The second-order valence-corrected chi connectivity index (χ2v) is 5.16. The predicted octanol–water partition coefficient (Wildman–Crippen LogP) is 2.35. The molecule has 116 valence electrons. The van der Waals surface area contributed by atoms with Gasteiger partial charge in [-0.15, -0.1) is 10.2 Å². The van der Waals surface area contributed by atoms with Crippen molar-refractivity contribution in [3.8, 4) is 5.69 Å². The maximum Gasteiger partial charge on any atom is 0.306 e. The van der Waals surface area contributed by atoms with Crippen molar-refractivity contribution in [2.75, 3.05) is 0 Å². The van der Waals surface area contributed by atoms with Gasteiger partial charge in [-0.2, -0.15) is 0 Å². The molecule has 0 unspecified atom stereocenters. The molecule has 0 spiro atoms. The van der Waals surface area contributed by atoms with Crippen molar-refractivity contribution in [1.82, 2.24) is 14.8 Å². The first-order chi connectivity index (χ1) is 10.6. The Morgan fingerprint density at radius 1 is 1.50 bits per heavy atom. The maximum absolute atomic E-state index is 13.2. The monoisotopic (exact) mass is 305 g/mol. The SMILES string of the molecule is CCc1ccc2c(c1)CO[C@@H](CC(=O)O)c1nnc(CF)n1-2. The molecule has 1 N–H and O–H groups in total. The van der Waals surface area contributed by atoms with Crippen molar-refractivity contribution in [2.24, 2.45) is 0 Å². The molecule has 0 aliphatic carbocycles. The molecular formula is C15H16FN3O3. The van der Waals surface area contributed by atoms with Gasteiger partial charge >= 0.3 is 5.97 Å². The van der Waals surface area contributed by atoms with Crippen LogP contribution >= 0.6 is 0 Å². The van der Waals surface area contributed by atoms with Gasteiger partial charge in [0.1, 0.15) is 12.8 Å². The van der Waals surface area contributed by atoms with E-state index >= 15 is 0 Å². The number of carboxylic acids is 1. The molecule has 1 aromatic heterocycles. The van der Waals surface area contributed by atoms with Crippen LogP contribution < -0.4 is 0 Å². The van der Waals surface area contributed by atoms with Crippen molar-refractivity contribution in [2.45, 2.75) is 39.2 Å². The van der Waals surface area contributed by atoms with E-state index in [1.165, 1.54) is 0 Å². The van der Waals surface area contributed by atoms with Gasteiger partial charge in [-0.1, -0.05) is 19.1 Å². The molecule has 22 heavy (non-hydrogen) atoms. The Labute approximate surface area is 126 Å². The van der Waals surface area contributed by atoms with E-state index in [0.717, 1.165) is 23.2 Å². The van der Waals surface area contributed by atoms with E-state index in [1.54, 1.807) is 4.57 Å². The number of aromatic nitrogens is 3. The number of hydrogen-bond acceptors (Lipinski definition) is 4. The summed E-state index contributed by atoms with van der Waals surface area (Å²) in [6.07, 6.45) is -0.113. The lowest BCUT2D eigenvalue weighted by atomic mass is 10.1. The van der Waals surface area contributed by atoms with Crippen molar-refractivity contribution in [1.29, 1.82) is 0 Å². The fraction of sp³-hybridized carbons (Fsp3) is 0.400. The number of rotatable bonds is 4. The number of halogens is 1. The fourth-order valence-electron chi connectivity index (χ4n) is 2.65. The highest BCUT2D eigenvalue weighted by Gasteiger charge is 2.29. The van der Waals surface area contributed by atoms with Crippen LogP contribution in [0.3, 0.4) is 0 Å². The fourth-order valence-corrected chi connectivity index (χ4v) is 2.65. The lowest BCUT2D eigenvalue weighted by Gasteiger charge is -2.12. The van der Waals surface area contributed by atoms with Crippen LogP contribution in [0.1, 0.15) is 42.2 Å². The second kappa shape index (κ2) is 5.84. The minimum atomic E-state index is -0.999. The molecule has 1 aromatic carbocycles. The van der Waals surface area contributed by atoms with Crippen LogP contribution in [0.4, 0.5) is 4.39 Å². The highest BCUT2D eigenvalue weighted by molar-refractivity contribution is 5.67. The van der Waals surface area contributed by atoms with Gasteiger partial charge in [-0.05, 0) is 18.1 Å². The summed E-state index contributed by atoms with van der Waals surface area (Å²) in [6, 6.07) is 5.83. The van der Waals surface area contributed by atoms with Gasteiger partial charge in [0.2, 0.25) is 0 Å². The minimum absolute atomic E-state index is 0.154. The van der Waals surface area contributed by atoms with Gasteiger partial charge in [0.15, 0.2) is 11.6 Å². The lowest BCUT2D eigenvalue weighted by Crippen LogP contribution is -2.13. The first kappa shape index (κ1) is 14.6. The maximum atomic E-state index is 13.2. The lowest BCUT2D eigenvalue weighted by molar-refractivity contribution is -0.140. The van der Waals surface area contributed by atoms with Gasteiger partial charge in [0.05, 0.1) is 18.7 Å². The second-order valence-electron chi connectivity index (χ2n) is 5.16. The molecule has 1 aliphatic heterocycles. The van der Waals surface area contributed by atoms with Crippen LogP contribution in [0.5, 0.6) is 0 Å². The third-order valence-electron chi connectivity index (χ3n) is 3.76. The number of carbonyl (C=O) groups is 1. The number of nitrogens with zero attached hydrogens (tertiary/aromatic N) is 3. The summed E-state index contributed by atoms with van der Waals surface area (Å²) in [4.78, 5) is 11.0. The average molecular weight is 305 g/mol. The standard InChI is InChI=1S/C15H16FN3O3/c1-2-9-3-4-11-10(5-9)8-22-12(6-14(20)21)15-18-17-13(7-16)19(11)15/h3-5,12H,2,6-8H2,1H3,(H,20,21)/t12-/m0/s1. The molecule has 0 bridgehead atoms. The molecule has 1 aliphatic rings. The Bertz CT molecular complexity index is 714. The molecule has 0 saturated carbocycles. The number of fused-ring (bicyclic) bond motifs is 3. The third-order valence-corrected chi connectivity index (χ3v) is 3.76. The van der Waals surface area contributed by atoms with Gasteiger partial charge in [-0.25, -0.2) is 4.39 Å². The predicted molar refractivity (Wildman–Crippen MR) is 75.3 cm³/mol. The first-order valence-corrected chi connectivity index (χ1v) is 7.09. The number of carboxylic acid groups (broad SMARTS) is 1. The first-order valence-electron chi connectivity index (χ1n) is 7.09. The van der Waals surface area contributed by atoms with Crippen molar-refractivity contribution in [3.05, 3.63) is 41.0 Å². The van der Waals surface area contributed by atoms with Gasteiger partial charge in [0, 0.05) is 5.56 Å². The molecular weight excluding hydrogens is 289 g/mol. The van der Waals surface area contributed by atoms with Gasteiger partial charge in [0.25, 0.3) is 0 Å². The highest BCUT2D eigenvalue weighted by atomic mass is 19.1. The zero-order valence-corrected chi connectivity index (χ0v) is 12.1. The quantitative estimate of drug-likeness (QED) is 0.938. The molecule has 6 nitrogen and oxygen atoms in total. The van der Waals surface area contributed by atoms with Crippen LogP contribution in [0.15, 0.2) is 18.2 Å². The Morgan fingerprint density at radius 2 is 2.32 bits per heavy atom. The number of ether oxygens (including phenoxy) is 1. The molecule has 3 rings (SSSR count). The summed E-state index contributed by atoms with van der Waals surface area (Å²) in [5.41, 5.74) is 2.76. The van der Waals surface area contributed by atoms with Crippen molar-refractivity contribution in [3.63, 3.8) is 0 Å². The van der Waals surface area contributed by atoms with Gasteiger partial charge in [-0.3, -0.25) is 9.36 Å². The largest absolute Gasteiger partial charge is 0.481 e. The Hall–Kier alpha value is -2.28. The van der Waals surface area contributed by atoms with E-state index < -0.39 is 18.7 Å². The topological polar surface area (TPSA) is 77.2 Å². The number of aliphatic carboxylic acids is 1. The summed E-state index contributed by atoms with van der Waals surface area (Å²) in [7, 11) is 0. The van der Waals surface area contributed by atoms with Crippen molar-refractivity contribution >= 4 is 5.97 Å². The van der Waals surface area contributed by atoms with E-state index in [2.05, 4.69) is 10.2 Å². The number of alkyl halides is 1. The molecule has 1 atom stereocenters. The Kier molecular flexibility index (Phi) is 3.89. The molecule has 0 radical (unpaired) electrons. The zero-order valence-electron chi connectivity index (χ0n) is 12.1. The average Bonchev–Trinajstić information content (AvgIpc) is 2.88. The molecule has 0 saturated heterocycles. The number of aryl methyl sites for hydroxylation is 1. The van der Waals surface area contributed by atoms with Crippen LogP contribution in [0, 0.1) is 0 Å². The van der Waals surface area contributed by atoms with Crippen LogP contribution in [-0.4, -0.2) is 25.8 Å². The summed E-state index contributed by atoms with van der Waals surface area (Å²) < 4.78 is 20.5. The minimum Gasteiger partial charge on any atom is -0.481 e. The number of hydrogen-bond donors (Lipinski definition) is 1. The highest BCUT2D eigenvalue weighted by Crippen LogP contribution is 2.32. The normalized spacial score (nSPS) is 16.7. The van der Waals surface area contributed by atoms with E-state index in [1.807, 2.05) is 25.1 Å². The zero-order chi connectivity index (χ0) is 15.7.